The van der Waals surface area contributed by atoms with Crippen molar-refractivity contribution in [3.8, 4) is 5.88 Å². The predicted octanol–water partition coefficient (Wildman–Crippen LogP) is 3.38. The average molecular weight is 359 g/mol. The molecule has 0 amide bonds. The molecule has 0 saturated heterocycles. The minimum Gasteiger partial charge on any atom is -0.481 e. The summed E-state index contributed by atoms with van der Waals surface area (Å²) in [6.07, 6.45) is 3.89. The lowest BCUT2D eigenvalue weighted by Crippen LogP contribution is -2.36. The first kappa shape index (κ1) is 19.1. The van der Waals surface area contributed by atoms with Crippen LogP contribution in [0, 0.1) is 6.92 Å². The van der Waals surface area contributed by atoms with E-state index in [1.54, 1.807) is 25.1 Å². The van der Waals surface area contributed by atoms with E-state index in [-0.39, 0.29) is 0 Å². The van der Waals surface area contributed by atoms with Gasteiger partial charge in [-0.05, 0) is 42.9 Å². The first-order valence-electron chi connectivity index (χ1n) is 8.31. The number of aliphatic imine (C=N–C) groups is 1. The Bertz CT molecular complexity index is 701. The zero-order valence-electron chi connectivity index (χ0n) is 15.3. The molecule has 0 aliphatic carbocycles. The Morgan fingerprint density at radius 1 is 1.24 bits per heavy atom. The average Bonchev–Trinajstić information content (AvgIpc) is 2.65. The molecule has 0 bridgehead atoms. The number of aryl methyl sites for hydroxylation is 1. The summed E-state index contributed by atoms with van der Waals surface area (Å²) < 4.78 is 5.08. The standard InChI is InChI=1S/C19H26N4OS/c1-5-20-19(22-12-15-7-9-18(24-3)21-11-15)23-13-16-8-6-14(2)10-17(16)25-4/h6-11H,5,12-13H2,1-4H3,(H2,20,22,23). The van der Waals surface area contributed by atoms with E-state index < -0.39 is 0 Å². The van der Waals surface area contributed by atoms with Crippen molar-refractivity contribution in [2.45, 2.75) is 31.8 Å². The SMILES string of the molecule is CCNC(=NCc1ccc(OC)nc1)NCc1ccc(C)cc1SC. The molecule has 6 heteroatoms. The highest BCUT2D eigenvalue weighted by Gasteiger charge is 2.04. The zero-order chi connectivity index (χ0) is 18.1. The summed E-state index contributed by atoms with van der Waals surface area (Å²) >= 11 is 1.77. The Kier molecular flexibility index (Phi) is 7.60. The van der Waals surface area contributed by atoms with E-state index in [0.29, 0.717) is 12.4 Å². The first-order chi connectivity index (χ1) is 12.2. The molecule has 0 saturated carbocycles. The lowest BCUT2D eigenvalue weighted by Gasteiger charge is -2.14. The fourth-order valence-corrected chi connectivity index (χ4v) is 3.02. The summed E-state index contributed by atoms with van der Waals surface area (Å²) in [5.74, 6) is 1.41. The van der Waals surface area contributed by atoms with Crippen molar-refractivity contribution in [2.24, 2.45) is 4.99 Å². The van der Waals surface area contributed by atoms with Gasteiger partial charge in [0.15, 0.2) is 5.96 Å². The molecule has 2 rings (SSSR count). The fraction of sp³-hybridized carbons (Fsp3) is 0.368. The second-order valence-electron chi connectivity index (χ2n) is 5.57. The van der Waals surface area contributed by atoms with Gasteiger partial charge in [-0.25, -0.2) is 9.98 Å². The van der Waals surface area contributed by atoms with Crippen molar-refractivity contribution >= 4 is 17.7 Å². The predicted molar refractivity (Wildman–Crippen MR) is 105 cm³/mol. The molecular weight excluding hydrogens is 332 g/mol. The Morgan fingerprint density at radius 2 is 2.08 bits per heavy atom. The van der Waals surface area contributed by atoms with Gasteiger partial charge in [-0.2, -0.15) is 0 Å². The summed E-state index contributed by atoms with van der Waals surface area (Å²) in [7, 11) is 1.61. The molecule has 5 nitrogen and oxygen atoms in total. The number of methoxy groups -OCH3 is 1. The van der Waals surface area contributed by atoms with Crippen LogP contribution in [0.25, 0.3) is 0 Å². The van der Waals surface area contributed by atoms with Gasteiger partial charge in [0.1, 0.15) is 0 Å². The number of nitrogens with zero attached hydrogens (tertiary/aromatic N) is 2. The van der Waals surface area contributed by atoms with E-state index in [2.05, 4.69) is 58.9 Å². The normalized spacial score (nSPS) is 11.3. The van der Waals surface area contributed by atoms with Crippen LogP contribution in [0.4, 0.5) is 0 Å². The van der Waals surface area contributed by atoms with Gasteiger partial charge in [-0.15, -0.1) is 11.8 Å². The number of benzene rings is 1. The summed E-state index contributed by atoms with van der Waals surface area (Å²) in [6.45, 7) is 6.30. The third kappa shape index (κ3) is 5.98. The molecule has 0 atom stereocenters. The lowest BCUT2D eigenvalue weighted by atomic mass is 10.1. The Hall–Kier alpha value is -2.21. The highest BCUT2D eigenvalue weighted by Crippen LogP contribution is 2.21. The molecular formula is C19H26N4OS. The van der Waals surface area contributed by atoms with E-state index in [4.69, 9.17) is 4.74 Å². The third-order valence-electron chi connectivity index (χ3n) is 3.66. The minimum atomic E-state index is 0.565. The highest BCUT2D eigenvalue weighted by atomic mass is 32.2. The van der Waals surface area contributed by atoms with Crippen molar-refractivity contribution in [1.82, 2.24) is 15.6 Å². The maximum Gasteiger partial charge on any atom is 0.212 e. The van der Waals surface area contributed by atoms with Crippen molar-refractivity contribution in [1.29, 1.82) is 0 Å². The van der Waals surface area contributed by atoms with Crippen LogP contribution in [0.3, 0.4) is 0 Å². The van der Waals surface area contributed by atoms with Crippen LogP contribution in [-0.2, 0) is 13.1 Å². The number of pyridine rings is 1. The summed E-state index contributed by atoms with van der Waals surface area (Å²) in [5.41, 5.74) is 3.59. The summed E-state index contributed by atoms with van der Waals surface area (Å²) in [4.78, 5) is 10.1. The molecule has 0 aliphatic heterocycles. The molecule has 0 fully saturated rings. The van der Waals surface area contributed by atoms with Gasteiger partial charge in [-0.3, -0.25) is 0 Å². The van der Waals surface area contributed by atoms with Crippen LogP contribution >= 0.6 is 11.8 Å². The number of nitrogens with one attached hydrogen (secondary N) is 2. The fourth-order valence-electron chi connectivity index (χ4n) is 2.31. The topological polar surface area (TPSA) is 58.5 Å². The van der Waals surface area contributed by atoms with E-state index in [9.17, 15) is 0 Å². The number of thioether (sulfide) groups is 1. The van der Waals surface area contributed by atoms with E-state index in [0.717, 1.165) is 24.6 Å². The molecule has 2 aromatic rings. The summed E-state index contributed by atoms with van der Waals surface area (Å²) in [6, 6.07) is 10.4. The van der Waals surface area contributed by atoms with Gasteiger partial charge in [0.25, 0.3) is 0 Å². The second-order valence-corrected chi connectivity index (χ2v) is 6.42. The lowest BCUT2D eigenvalue weighted by molar-refractivity contribution is 0.397. The van der Waals surface area contributed by atoms with E-state index >= 15 is 0 Å². The molecule has 1 heterocycles. The number of ether oxygens (including phenoxy) is 1. The van der Waals surface area contributed by atoms with Crippen molar-refractivity contribution in [3.05, 3.63) is 53.2 Å². The summed E-state index contributed by atoms with van der Waals surface area (Å²) in [5, 5.41) is 6.69. The van der Waals surface area contributed by atoms with Crippen LogP contribution in [0.5, 0.6) is 5.88 Å². The van der Waals surface area contributed by atoms with Crippen molar-refractivity contribution < 1.29 is 4.74 Å². The number of guanidine groups is 1. The van der Waals surface area contributed by atoms with Crippen molar-refractivity contribution in [3.63, 3.8) is 0 Å². The maximum atomic E-state index is 5.08. The number of aromatic nitrogens is 1. The van der Waals surface area contributed by atoms with Crippen LogP contribution < -0.4 is 15.4 Å². The molecule has 0 radical (unpaired) electrons. The van der Waals surface area contributed by atoms with Gasteiger partial charge in [0.05, 0.1) is 13.7 Å². The third-order valence-corrected chi connectivity index (χ3v) is 4.48. The highest BCUT2D eigenvalue weighted by molar-refractivity contribution is 7.98. The largest absolute Gasteiger partial charge is 0.481 e. The van der Waals surface area contributed by atoms with E-state index in [1.807, 2.05) is 12.1 Å². The first-order valence-corrected chi connectivity index (χ1v) is 9.53. The molecule has 1 aromatic carbocycles. The van der Waals surface area contributed by atoms with Crippen LogP contribution in [0.2, 0.25) is 0 Å². The molecule has 0 aliphatic rings. The van der Waals surface area contributed by atoms with Crippen molar-refractivity contribution in [2.75, 3.05) is 19.9 Å². The quantitative estimate of drug-likeness (QED) is 0.451. The van der Waals surface area contributed by atoms with Gasteiger partial charge >= 0.3 is 0 Å². The smallest absolute Gasteiger partial charge is 0.212 e. The minimum absolute atomic E-state index is 0.565. The number of hydrogen-bond donors (Lipinski definition) is 2. The number of rotatable bonds is 7. The Morgan fingerprint density at radius 3 is 2.72 bits per heavy atom. The van der Waals surface area contributed by atoms with Crippen LogP contribution in [0.15, 0.2) is 46.4 Å². The van der Waals surface area contributed by atoms with Crippen LogP contribution in [0.1, 0.15) is 23.6 Å². The molecule has 0 spiro atoms. The van der Waals surface area contributed by atoms with Crippen LogP contribution in [-0.4, -0.2) is 30.9 Å². The molecule has 1 aromatic heterocycles. The Balaban J connectivity index is 2.02. The maximum absolute atomic E-state index is 5.08. The van der Waals surface area contributed by atoms with Gasteiger partial charge in [0, 0.05) is 30.2 Å². The zero-order valence-corrected chi connectivity index (χ0v) is 16.1. The van der Waals surface area contributed by atoms with E-state index in [1.165, 1.54) is 16.0 Å². The van der Waals surface area contributed by atoms with Gasteiger partial charge in [-0.1, -0.05) is 18.2 Å². The molecule has 2 N–H and O–H groups in total. The number of hydrogen-bond acceptors (Lipinski definition) is 4. The second kappa shape index (κ2) is 9.93. The van der Waals surface area contributed by atoms with Gasteiger partial charge in [0.2, 0.25) is 5.88 Å². The molecule has 25 heavy (non-hydrogen) atoms. The molecule has 0 unspecified atom stereocenters. The van der Waals surface area contributed by atoms with Gasteiger partial charge < -0.3 is 15.4 Å². The Labute approximate surface area is 154 Å². The monoisotopic (exact) mass is 358 g/mol. The molecule has 134 valence electrons.